The summed E-state index contributed by atoms with van der Waals surface area (Å²) in [5.74, 6) is -0.710. The van der Waals surface area contributed by atoms with E-state index in [1.807, 2.05) is 60.0 Å². The highest BCUT2D eigenvalue weighted by atomic mass is 35.5. The normalized spacial score (nSPS) is 12.4. The van der Waals surface area contributed by atoms with Gasteiger partial charge in [0.1, 0.15) is 10.9 Å². The van der Waals surface area contributed by atoms with Crippen molar-refractivity contribution in [2.75, 3.05) is 5.32 Å². The van der Waals surface area contributed by atoms with Crippen LogP contribution >= 0.6 is 22.9 Å². The Morgan fingerprint density at radius 3 is 2.34 bits per heavy atom. The van der Waals surface area contributed by atoms with Crippen LogP contribution < -0.4 is 10.9 Å². The molecule has 5 aromatic rings. The molecule has 3 aromatic carbocycles. The minimum absolute atomic E-state index is 0.0569. The largest absolute Gasteiger partial charge is 0.416 e. The number of hydrogen-bond acceptors (Lipinski definition) is 4. The average molecular weight is 554 g/mol. The second kappa shape index (κ2) is 10.1. The van der Waals surface area contributed by atoms with E-state index >= 15 is 0 Å². The molecule has 5 rings (SSSR count). The smallest absolute Gasteiger partial charge is 0.323 e. The highest BCUT2D eigenvalue weighted by molar-refractivity contribution is 7.17. The van der Waals surface area contributed by atoms with Crippen molar-refractivity contribution in [1.29, 1.82) is 0 Å². The topological polar surface area (TPSA) is 64.0 Å². The Morgan fingerprint density at radius 1 is 1.00 bits per heavy atom. The van der Waals surface area contributed by atoms with Crippen LogP contribution in [0.25, 0.3) is 32.5 Å². The fourth-order valence-electron chi connectivity index (χ4n) is 4.07. The summed E-state index contributed by atoms with van der Waals surface area (Å²) in [4.78, 5) is 31.3. The van der Waals surface area contributed by atoms with Crippen LogP contribution in [-0.4, -0.2) is 15.5 Å². The van der Waals surface area contributed by atoms with Gasteiger partial charge < -0.3 is 5.32 Å². The van der Waals surface area contributed by atoms with Crippen LogP contribution in [-0.2, 0) is 11.0 Å². The Morgan fingerprint density at radius 2 is 1.66 bits per heavy atom. The van der Waals surface area contributed by atoms with E-state index in [-0.39, 0.29) is 10.7 Å². The fourth-order valence-corrected chi connectivity index (χ4v) is 5.14. The number of thiophene rings is 1. The molecule has 1 N–H and O–H groups in total. The van der Waals surface area contributed by atoms with Crippen molar-refractivity contribution in [3.63, 3.8) is 0 Å². The van der Waals surface area contributed by atoms with Gasteiger partial charge in [-0.05, 0) is 41.8 Å². The van der Waals surface area contributed by atoms with Gasteiger partial charge in [0, 0.05) is 10.9 Å². The Labute approximate surface area is 224 Å². The molecule has 1 amide bonds. The summed E-state index contributed by atoms with van der Waals surface area (Å²) in [6, 6.07) is 19.2. The number of carbonyl (C=O) groups excluding carboxylic acids is 1. The molecule has 192 valence electrons. The summed E-state index contributed by atoms with van der Waals surface area (Å²) in [6.07, 6.45) is -3.34. The van der Waals surface area contributed by atoms with Crippen molar-refractivity contribution in [3.05, 3.63) is 105 Å². The lowest BCUT2D eigenvalue weighted by atomic mass is 10.0. The number of hydrogen-bond donors (Lipinski definition) is 1. The zero-order valence-corrected chi connectivity index (χ0v) is 21.4. The van der Waals surface area contributed by atoms with Crippen LogP contribution in [0.1, 0.15) is 18.5 Å². The van der Waals surface area contributed by atoms with Crippen LogP contribution in [0.2, 0.25) is 5.02 Å². The van der Waals surface area contributed by atoms with Gasteiger partial charge in [-0.2, -0.15) is 13.2 Å². The summed E-state index contributed by atoms with van der Waals surface area (Å²) in [5, 5.41) is 4.55. The minimum atomic E-state index is -4.60. The van der Waals surface area contributed by atoms with Gasteiger partial charge in [0.15, 0.2) is 0 Å². The van der Waals surface area contributed by atoms with Gasteiger partial charge in [-0.1, -0.05) is 66.2 Å². The molecule has 2 heterocycles. The predicted octanol–water partition coefficient (Wildman–Crippen LogP) is 7.66. The average Bonchev–Trinajstić information content (AvgIpc) is 3.35. The molecule has 0 aliphatic rings. The van der Waals surface area contributed by atoms with E-state index < -0.39 is 29.2 Å². The van der Waals surface area contributed by atoms with E-state index in [4.69, 9.17) is 11.6 Å². The number of halogens is 4. The number of aromatic nitrogens is 2. The highest BCUT2D eigenvalue weighted by Crippen LogP contribution is 2.35. The van der Waals surface area contributed by atoms with Gasteiger partial charge in [0.2, 0.25) is 5.91 Å². The highest BCUT2D eigenvalue weighted by Gasteiger charge is 2.31. The maximum absolute atomic E-state index is 13.5. The first-order valence-corrected chi connectivity index (χ1v) is 12.7. The van der Waals surface area contributed by atoms with Crippen molar-refractivity contribution in [1.82, 2.24) is 9.55 Å². The molecule has 2 aromatic heterocycles. The number of alkyl halides is 3. The molecule has 0 aliphatic carbocycles. The standard InChI is InChI=1S/C28H19ClF3N3O2S/c1-16(25(36)34-23-13-20(28(30,31)32)11-12-22(23)29)35-15-33-26-24(27(35)37)21(14-38-26)19-9-7-18(8-10-19)17-5-3-2-4-6-17/h2-16H,1H3,(H,34,36). The first-order valence-electron chi connectivity index (χ1n) is 11.5. The Bertz CT molecular complexity index is 1700. The van der Waals surface area contributed by atoms with Crippen LogP contribution in [0.5, 0.6) is 0 Å². The van der Waals surface area contributed by atoms with E-state index in [0.717, 1.165) is 39.5 Å². The molecule has 5 nitrogen and oxygen atoms in total. The van der Waals surface area contributed by atoms with E-state index in [0.29, 0.717) is 15.8 Å². The van der Waals surface area contributed by atoms with Gasteiger partial charge in [-0.15, -0.1) is 11.3 Å². The lowest BCUT2D eigenvalue weighted by Crippen LogP contribution is -2.31. The number of carbonyl (C=O) groups is 1. The molecule has 0 bridgehead atoms. The van der Waals surface area contributed by atoms with Gasteiger partial charge in [-0.25, -0.2) is 4.98 Å². The summed E-state index contributed by atoms with van der Waals surface area (Å²) < 4.78 is 40.5. The number of nitrogens with zero attached hydrogens (tertiary/aromatic N) is 2. The van der Waals surface area contributed by atoms with Crippen molar-refractivity contribution in [2.24, 2.45) is 0 Å². The molecule has 0 aliphatic heterocycles. The third-order valence-corrected chi connectivity index (χ3v) is 7.39. The fraction of sp³-hybridized carbons (Fsp3) is 0.107. The van der Waals surface area contributed by atoms with Crippen LogP contribution in [0.4, 0.5) is 18.9 Å². The lowest BCUT2D eigenvalue weighted by molar-refractivity contribution is -0.137. The van der Waals surface area contributed by atoms with E-state index in [1.165, 1.54) is 24.6 Å². The number of benzene rings is 3. The maximum Gasteiger partial charge on any atom is 0.416 e. The molecule has 0 saturated heterocycles. The molecule has 0 saturated carbocycles. The third-order valence-electron chi connectivity index (χ3n) is 6.17. The van der Waals surface area contributed by atoms with Crippen molar-refractivity contribution in [2.45, 2.75) is 19.1 Å². The minimum Gasteiger partial charge on any atom is -0.323 e. The first kappa shape index (κ1) is 25.7. The van der Waals surface area contributed by atoms with Gasteiger partial charge in [0.05, 0.1) is 28.0 Å². The van der Waals surface area contributed by atoms with Crippen molar-refractivity contribution < 1.29 is 18.0 Å². The second-order valence-electron chi connectivity index (χ2n) is 8.59. The molecule has 0 radical (unpaired) electrons. The van der Waals surface area contributed by atoms with E-state index in [2.05, 4.69) is 10.3 Å². The Kier molecular flexibility index (Phi) is 6.81. The molecule has 1 atom stereocenters. The lowest BCUT2D eigenvalue weighted by Gasteiger charge is -2.17. The first-order chi connectivity index (χ1) is 18.1. The van der Waals surface area contributed by atoms with E-state index in [9.17, 15) is 22.8 Å². The molecule has 0 spiro atoms. The molecular weight excluding hydrogens is 535 g/mol. The number of nitrogens with one attached hydrogen (secondary N) is 1. The quantitative estimate of drug-likeness (QED) is 0.243. The Balaban J connectivity index is 1.46. The van der Waals surface area contributed by atoms with E-state index in [1.54, 1.807) is 0 Å². The monoisotopic (exact) mass is 553 g/mol. The number of rotatable bonds is 5. The Hall–Kier alpha value is -3.95. The number of anilines is 1. The van der Waals surface area contributed by atoms with Crippen molar-refractivity contribution >= 4 is 44.7 Å². The number of fused-ring (bicyclic) bond motifs is 1. The maximum atomic E-state index is 13.5. The van der Waals surface area contributed by atoms with Gasteiger partial charge in [-0.3, -0.25) is 14.2 Å². The molecule has 1 unspecified atom stereocenters. The zero-order chi connectivity index (χ0) is 27.0. The summed E-state index contributed by atoms with van der Waals surface area (Å²) in [7, 11) is 0. The van der Waals surface area contributed by atoms with Gasteiger partial charge >= 0.3 is 6.18 Å². The second-order valence-corrected chi connectivity index (χ2v) is 9.85. The molecular formula is C28H19ClF3N3O2S. The van der Waals surface area contributed by atoms with Crippen LogP contribution in [0.3, 0.4) is 0 Å². The summed E-state index contributed by atoms with van der Waals surface area (Å²) >= 11 is 7.32. The SMILES string of the molecule is CC(C(=O)Nc1cc(C(F)(F)F)ccc1Cl)n1cnc2scc(-c3ccc(-c4ccccc4)cc3)c2c1=O. The number of amides is 1. The summed E-state index contributed by atoms with van der Waals surface area (Å²) in [5.41, 5.74) is 2.02. The molecule has 10 heteroatoms. The zero-order valence-electron chi connectivity index (χ0n) is 19.8. The summed E-state index contributed by atoms with van der Waals surface area (Å²) in [6.45, 7) is 1.46. The molecule has 0 fully saturated rings. The predicted molar refractivity (Wildman–Crippen MR) is 145 cm³/mol. The van der Waals surface area contributed by atoms with Crippen LogP contribution in [0.15, 0.2) is 89.3 Å². The van der Waals surface area contributed by atoms with Gasteiger partial charge in [0.25, 0.3) is 5.56 Å². The van der Waals surface area contributed by atoms with Crippen LogP contribution in [0, 0.1) is 0 Å². The molecule has 38 heavy (non-hydrogen) atoms. The van der Waals surface area contributed by atoms with Crippen molar-refractivity contribution in [3.8, 4) is 22.3 Å². The third kappa shape index (κ3) is 4.94.